The van der Waals surface area contributed by atoms with Crippen molar-refractivity contribution < 1.29 is 9.90 Å². The van der Waals surface area contributed by atoms with E-state index < -0.39 is 0 Å². The molecule has 2 aromatic rings. The molecule has 76 valence electrons. The molecule has 0 saturated heterocycles. The molecule has 1 heterocycles. The maximum absolute atomic E-state index is 11.6. The Morgan fingerprint density at radius 1 is 1.33 bits per heavy atom. The van der Waals surface area contributed by atoms with E-state index in [2.05, 4.69) is 5.10 Å². The van der Waals surface area contributed by atoms with E-state index in [9.17, 15) is 4.79 Å². The molecule has 4 nitrogen and oxygen atoms in total. The van der Waals surface area contributed by atoms with Gasteiger partial charge in [0.2, 0.25) is 0 Å². The molecule has 2 rings (SSSR count). The predicted octanol–water partition coefficient (Wildman–Crippen LogP) is 1.47. The summed E-state index contributed by atoms with van der Waals surface area (Å²) in [5, 5.41) is 12.9. The lowest BCUT2D eigenvalue weighted by atomic mass is 10.1. The highest BCUT2D eigenvalue weighted by Gasteiger charge is 2.05. The van der Waals surface area contributed by atoms with Crippen LogP contribution in [0.25, 0.3) is 0 Å². The summed E-state index contributed by atoms with van der Waals surface area (Å²) >= 11 is 0. The molecule has 0 radical (unpaired) electrons. The van der Waals surface area contributed by atoms with Gasteiger partial charge in [0.05, 0.1) is 6.42 Å². The molecule has 0 aliphatic carbocycles. The molecule has 0 aliphatic rings. The van der Waals surface area contributed by atoms with E-state index in [-0.39, 0.29) is 18.1 Å². The molecule has 1 aromatic carbocycles. The quantitative estimate of drug-likeness (QED) is 0.802. The first-order valence-electron chi connectivity index (χ1n) is 4.56. The Bertz CT molecular complexity index is 446. The van der Waals surface area contributed by atoms with Gasteiger partial charge in [0.1, 0.15) is 5.75 Å². The van der Waals surface area contributed by atoms with Crippen LogP contribution in [0.2, 0.25) is 0 Å². The molecular weight excluding hydrogens is 192 g/mol. The van der Waals surface area contributed by atoms with Gasteiger partial charge < -0.3 is 5.11 Å². The molecule has 0 atom stereocenters. The standard InChI is InChI=1S/C11H10N2O2/c14-10-4-2-9(3-5-10)8-11(15)13-7-1-6-12-13/h1-7,14H,8H2. The number of phenolic OH excluding ortho intramolecular Hbond substituents is 1. The topological polar surface area (TPSA) is 55.1 Å². The van der Waals surface area contributed by atoms with Gasteiger partial charge in [-0.3, -0.25) is 4.79 Å². The summed E-state index contributed by atoms with van der Waals surface area (Å²) in [4.78, 5) is 11.6. The maximum atomic E-state index is 11.6. The fourth-order valence-electron chi connectivity index (χ4n) is 1.29. The minimum Gasteiger partial charge on any atom is -0.508 e. The second kappa shape index (κ2) is 3.96. The highest BCUT2D eigenvalue weighted by atomic mass is 16.3. The van der Waals surface area contributed by atoms with Crippen LogP contribution in [-0.4, -0.2) is 20.8 Å². The molecule has 0 spiro atoms. The number of nitrogens with zero attached hydrogens (tertiary/aromatic N) is 2. The van der Waals surface area contributed by atoms with Gasteiger partial charge >= 0.3 is 0 Å². The minimum atomic E-state index is -0.0920. The summed E-state index contributed by atoms with van der Waals surface area (Å²) in [6.07, 6.45) is 3.46. The van der Waals surface area contributed by atoms with Crippen LogP contribution in [0, 0.1) is 0 Å². The van der Waals surface area contributed by atoms with E-state index in [1.165, 1.54) is 4.68 Å². The predicted molar refractivity (Wildman–Crippen MR) is 54.7 cm³/mol. The molecule has 15 heavy (non-hydrogen) atoms. The van der Waals surface area contributed by atoms with Crippen LogP contribution in [0.5, 0.6) is 5.75 Å². The molecule has 0 amide bonds. The van der Waals surface area contributed by atoms with Crippen LogP contribution in [-0.2, 0) is 6.42 Å². The van der Waals surface area contributed by atoms with E-state index in [0.29, 0.717) is 0 Å². The van der Waals surface area contributed by atoms with Crippen molar-refractivity contribution in [1.29, 1.82) is 0 Å². The van der Waals surface area contributed by atoms with Gasteiger partial charge in [-0.05, 0) is 23.8 Å². The van der Waals surface area contributed by atoms with Gasteiger partial charge in [0, 0.05) is 12.4 Å². The zero-order valence-electron chi connectivity index (χ0n) is 8.00. The summed E-state index contributed by atoms with van der Waals surface area (Å²) < 4.78 is 1.30. The van der Waals surface area contributed by atoms with Crippen LogP contribution < -0.4 is 0 Å². The Morgan fingerprint density at radius 3 is 2.67 bits per heavy atom. The Hall–Kier alpha value is -2.10. The average molecular weight is 202 g/mol. The molecule has 0 unspecified atom stereocenters. The molecule has 0 aliphatic heterocycles. The normalized spacial score (nSPS) is 10.1. The van der Waals surface area contributed by atoms with Gasteiger partial charge in [-0.1, -0.05) is 12.1 Å². The monoisotopic (exact) mass is 202 g/mol. The van der Waals surface area contributed by atoms with E-state index in [4.69, 9.17) is 5.11 Å². The Kier molecular flexibility index (Phi) is 2.49. The van der Waals surface area contributed by atoms with E-state index >= 15 is 0 Å². The number of phenols is 1. The molecular formula is C11H10N2O2. The van der Waals surface area contributed by atoms with Crippen molar-refractivity contribution in [3.05, 3.63) is 48.3 Å². The van der Waals surface area contributed by atoms with Gasteiger partial charge in [-0.2, -0.15) is 5.10 Å². The Morgan fingerprint density at radius 2 is 2.07 bits per heavy atom. The fourth-order valence-corrected chi connectivity index (χ4v) is 1.29. The highest BCUT2D eigenvalue weighted by Crippen LogP contribution is 2.10. The van der Waals surface area contributed by atoms with Crippen molar-refractivity contribution in [2.75, 3.05) is 0 Å². The highest BCUT2D eigenvalue weighted by molar-refractivity contribution is 5.80. The average Bonchev–Trinajstić information content (AvgIpc) is 2.74. The van der Waals surface area contributed by atoms with Crippen LogP contribution in [0.1, 0.15) is 10.4 Å². The van der Waals surface area contributed by atoms with Gasteiger partial charge in [-0.25, -0.2) is 4.68 Å². The molecule has 4 heteroatoms. The van der Waals surface area contributed by atoms with Crippen molar-refractivity contribution >= 4 is 5.91 Å². The first kappa shape index (κ1) is 9.45. The zero-order valence-corrected chi connectivity index (χ0v) is 8.00. The first-order valence-corrected chi connectivity index (χ1v) is 4.56. The largest absolute Gasteiger partial charge is 0.508 e. The van der Waals surface area contributed by atoms with Crippen LogP contribution in [0.15, 0.2) is 42.7 Å². The third-order valence-electron chi connectivity index (χ3n) is 2.05. The number of carbonyl (C=O) groups is 1. The number of carbonyl (C=O) groups excluding carboxylic acids is 1. The minimum absolute atomic E-state index is 0.0920. The molecule has 0 fully saturated rings. The number of rotatable bonds is 2. The van der Waals surface area contributed by atoms with E-state index in [1.807, 2.05) is 0 Å². The maximum Gasteiger partial charge on any atom is 0.251 e. The van der Waals surface area contributed by atoms with Crippen molar-refractivity contribution in [3.8, 4) is 5.75 Å². The summed E-state index contributed by atoms with van der Waals surface area (Å²) in [6, 6.07) is 8.26. The second-order valence-corrected chi connectivity index (χ2v) is 3.19. The van der Waals surface area contributed by atoms with Crippen LogP contribution in [0.3, 0.4) is 0 Å². The Labute approximate surface area is 86.8 Å². The third-order valence-corrected chi connectivity index (χ3v) is 2.05. The van der Waals surface area contributed by atoms with Gasteiger partial charge in [0.15, 0.2) is 0 Å². The number of benzene rings is 1. The summed E-state index contributed by atoms with van der Waals surface area (Å²) in [5.41, 5.74) is 0.855. The smallest absolute Gasteiger partial charge is 0.251 e. The fraction of sp³-hybridized carbons (Fsp3) is 0.0909. The van der Waals surface area contributed by atoms with Crippen LogP contribution >= 0.6 is 0 Å². The lowest BCUT2D eigenvalue weighted by Crippen LogP contribution is -2.13. The first-order chi connectivity index (χ1) is 7.25. The zero-order chi connectivity index (χ0) is 10.7. The summed E-state index contributed by atoms with van der Waals surface area (Å²) in [5.74, 6) is 0.107. The van der Waals surface area contributed by atoms with Crippen molar-refractivity contribution in [1.82, 2.24) is 9.78 Å². The Balaban J connectivity index is 2.09. The van der Waals surface area contributed by atoms with E-state index in [0.717, 1.165) is 5.56 Å². The second-order valence-electron chi connectivity index (χ2n) is 3.19. The number of hydrogen-bond acceptors (Lipinski definition) is 3. The summed E-state index contributed by atoms with van der Waals surface area (Å²) in [6.45, 7) is 0. The van der Waals surface area contributed by atoms with E-state index in [1.54, 1.807) is 42.7 Å². The van der Waals surface area contributed by atoms with Gasteiger partial charge in [0.25, 0.3) is 5.91 Å². The lowest BCUT2D eigenvalue weighted by Gasteiger charge is -2.00. The third kappa shape index (κ3) is 2.22. The van der Waals surface area contributed by atoms with Crippen molar-refractivity contribution in [2.24, 2.45) is 0 Å². The molecule has 0 saturated carbocycles. The number of aromatic nitrogens is 2. The van der Waals surface area contributed by atoms with Crippen molar-refractivity contribution in [2.45, 2.75) is 6.42 Å². The molecule has 1 N–H and O–H groups in total. The van der Waals surface area contributed by atoms with Crippen molar-refractivity contribution in [3.63, 3.8) is 0 Å². The lowest BCUT2D eigenvalue weighted by molar-refractivity contribution is 0.0898. The molecule has 0 bridgehead atoms. The molecule has 1 aromatic heterocycles. The van der Waals surface area contributed by atoms with Gasteiger partial charge in [-0.15, -0.1) is 0 Å². The number of hydrogen-bond donors (Lipinski definition) is 1. The number of aromatic hydroxyl groups is 1. The van der Waals surface area contributed by atoms with Crippen LogP contribution in [0.4, 0.5) is 0 Å². The SMILES string of the molecule is O=C(Cc1ccc(O)cc1)n1cccn1. The summed E-state index contributed by atoms with van der Waals surface area (Å²) in [7, 11) is 0.